The number of pyridine rings is 1. The van der Waals surface area contributed by atoms with Crippen LogP contribution in [0.3, 0.4) is 0 Å². The van der Waals surface area contributed by atoms with E-state index in [1.54, 1.807) is 12.1 Å². The summed E-state index contributed by atoms with van der Waals surface area (Å²) in [6.07, 6.45) is 0. The summed E-state index contributed by atoms with van der Waals surface area (Å²) in [7, 11) is 0. The molecule has 0 aromatic carbocycles. The number of nitrogens with zero attached hydrogens (tertiary/aromatic N) is 1. The molecule has 0 fully saturated rings. The Hall–Kier alpha value is -1.29. The van der Waals surface area contributed by atoms with E-state index in [0.717, 1.165) is 0 Å². The van der Waals surface area contributed by atoms with Crippen molar-refractivity contribution in [2.24, 2.45) is 0 Å². The summed E-state index contributed by atoms with van der Waals surface area (Å²) in [5.41, 5.74) is 0.432. The smallest absolute Gasteiger partial charge is 0.256 e. The third-order valence-corrected chi connectivity index (χ3v) is 1.91. The molecular weight excluding hydrogens is 192 g/mol. The number of halogens is 1. The Kier molecular flexibility index (Phi) is 2.06. The number of aromatic nitrogens is 1. The lowest BCUT2D eigenvalue weighted by Crippen LogP contribution is -2.24. The first kappa shape index (κ1) is 8.31. The molecule has 1 N–H and O–H groups in total. The first-order chi connectivity index (χ1) is 6.27. The van der Waals surface area contributed by atoms with E-state index < -0.39 is 0 Å². The number of nitrogens with one attached hydrogen (secondary N) is 1. The van der Waals surface area contributed by atoms with Crippen LogP contribution in [-0.2, 0) is 0 Å². The molecule has 0 unspecified atom stereocenters. The maximum Gasteiger partial charge on any atom is 0.256 e. The fraction of sp³-hybridized carbons (Fsp3) is 0.250. The van der Waals surface area contributed by atoms with Crippen LogP contribution in [0.4, 0.5) is 0 Å². The zero-order valence-electron chi connectivity index (χ0n) is 6.71. The highest BCUT2D eigenvalue weighted by atomic mass is 35.5. The van der Waals surface area contributed by atoms with Crippen molar-refractivity contribution in [1.82, 2.24) is 10.3 Å². The van der Waals surface area contributed by atoms with Gasteiger partial charge in [0.2, 0.25) is 5.88 Å². The molecule has 68 valence electrons. The van der Waals surface area contributed by atoms with Crippen LogP contribution >= 0.6 is 11.6 Å². The number of rotatable bonds is 0. The van der Waals surface area contributed by atoms with Crippen molar-refractivity contribution >= 4 is 17.5 Å². The minimum Gasteiger partial charge on any atom is -0.475 e. The van der Waals surface area contributed by atoms with Crippen LogP contribution in [0, 0.1) is 0 Å². The number of carbonyl (C=O) groups is 1. The number of amides is 1. The average Bonchev–Trinajstić information content (AvgIpc) is 2.28. The second-order valence-electron chi connectivity index (χ2n) is 2.59. The van der Waals surface area contributed by atoms with Crippen LogP contribution in [0.25, 0.3) is 0 Å². The van der Waals surface area contributed by atoms with Crippen molar-refractivity contribution in [3.05, 3.63) is 22.8 Å². The molecule has 1 aromatic rings. The summed E-state index contributed by atoms with van der Waals surface area (Å²) >= 11 is 5.65. The van der Waals surface area contributed by atoms with Crippen LogP contribution in [0.15, 0.2) is 12.1 Å². The van der Waals surface area contributed by atoms with E-state index in [-0.39, 0.29) is 5.91 Å². The summed E-state index contributed by atoms with van der Waals surface area (Å²) in [5.74, 6) is 0.138. The predicted molar refractivity (Wildman–Crippen MR) is 47.1 cm³/mol. The molecule has 0 saturated carbocycles. The second kappa shape index (κ2) is 3.22. The third-order valence-electron chi connectivity index (χ3n) is 1.70. The molecule has 0 saturated heterocycles. The van der Waals surface area contributed by atoms with Crippen molar-refractivity contribution in [2.75, 3.05) is 13.2 Å². The van der Waals surface area contributed by atoms with Crippen molar-refractivity contribution in [1.29, 1.82) is 0 Å². The van der Waals surface area contributed by atoms with E-state index in [0.29, 0.717) is 29.7 Å². The van der Waals surface area contributed by atoms with Gasteiger partial charge in [-0.25, -0.2) is 4.98 Å². The molecule has 1 amide bonds. The third kappa shape index (κ3) is 1.58. The van der Waals surface area contributed by atoms with Gasteiger partial charge >= 0.3 is 0 Å². The molecule has 13 heavy (non-hydrogen) atoms. The zero-order chi connectivity index (χ0) is 9.26. The molecule has 2 heterocycles. The standard InChI is InChI=1S/C8H7ClN2O2/c9-6-2-1-5-7(12)10-3-4-13-8(5)11-6/h1-2H,3-4H2,(H,10,12). The minimum atomic E-state index is -0.170. The van der Waals surface area contributed by atoms with Gasteiger partial charge in [0.05, 0.1) is 6.54 Å². The maximum absolute atomic E-state index is 11.3. The maximum atomic E-state index is 11.3. The van der Waals surface area contributed by atoms with Gasteiger partial charge in [0.1, 0.15) is 17.3 Å². The Labute approximate surface area is 79.9 Å². The van der Waals surface area contributed by atoms with Crippen LogP contribution in [-0.4, -0.2) is 24.0 Å². The van der Waals surface area contributed by atoms with E-state index in [1.165, 1.54) is 0 Å². The summed E-state index contributed by atoms with van der Waals surface area (Å²) < 4.78 is 5.22. The van der Waals surface area contributed by atoms with E-state index >= 15 is 0 Å². The number of hydrogen-bond donors (Lipinski definition) is 1. The molecule has 0 bridgehead atoms. The number of carbonyl (C=O) groups excluding carboxylic acids is 1. The number of ether oxygens (including phenoxy) is 1. The lowest BCUT2D eigenvalue weighted by Gasteiger charge is -2.02. The summed E-state index contributed by atoms with van der Waals surface area (Å²) in [6, 6.07) is 3.17. The van der Waals surface area contributed by atoms with Crippen molar-refractivity contribution in [3.8, 4) is 5.88 Å². The summed E-state index contributed by atoms with van der Waals surface area (Å²) in [4.78, 5) is 15.2. The topological polar surface area (TPSA) is 51.2 Å². The highest BCUT2D eigenvalue weighted by Gasteiger charge is 2.17. The first-order valence-corrected chi connectivity index (χ1v) is 4.23. The number of hydrogen-bond acceptors (Lipinski definition) is 3. The Morgan fingerprint density at radius 3 is 3.23 bits per heavy atom. The minimum absolute atomic E-state index is 0.170. The van der Waals surface area contributed by atoms with Crippen molar-refractivity contribution < 1.29 is 9.53 Å². The van der Waals surface area contributed by atoms with Crippen molar-refractivity contribution in [2.45, 2.75) is 0 Å². The van der Waals surface area contributed by atoms with E-state index in [4.69, 9.17) is 16.3 Å². The van der Waals surface area contributed by atoms with Gasteiger partial charge in [-0.1, -0.05) is 11.6 Å². The van der Waals surface area contributed by atoms with Crippen LogP contribution in [0.1, 0.15) is 10.4 Å². The predicted octanol–water partition coefficient (Wildman–Crippen LogP) is 0.857. The summed E-state index contributed by atoms with van der Waals surface area (Å²) in [6.45, 7) is 0.916. The van der Waals surface area contributed by atoms with Gasteiger partial charge in [-0.15, -0.1) is 0 Å². The van der Waals surface area contributed by atoms with E-state index in [1.807, 2.05) is 0 Å². The SMILES string of the molecule is O=C1NCCOc2nc(Cl)ccc21. The average molecular weight is 199 g/mol. The molecule has 4 nitrogen and oxygen atoms in total. The molecule has 1 aliphatic rings. The van der Waals surface area contributed by atoms with Crippen LogP contribution < -0.4 is 10.1 Å². The van der Waals surface area contributed by atoms with Gasteiger partial charge < -0.3 is 10.1 Å². The van der Waals surface area contributed by atoms with Gasteiger partial charge in [-0.2, -0.15) is 0 Å². The zero-order valence-corrected chi connectivity index (χ0v) is 7.47. The fourth-order valence-corrected chi connectivity index (χ4v) is 1.25. The normalized spacial score (nSPS) is 15.3. The van der Waals surface area contributed by atoms with Crippen LogP contribution in [0.5, 0.6) is 5.88 Å². The largest absolute Gasteiger partial charge is 0.475 e. The lowest BCUT2D eigenvalue weighted by molar-refractivity contribution is 0.0957. The van der Waals surface area contributed by atoms with Crippen molar-refractivity contribution in [3.63, 3.8) is 0 Å². The molecule has 2 rings (SSSR count). The van der Waals surface area contributed by atoms with Crippen LogP contribution in [0.2, 0.25) is 5.15 Å². The number of fused-ring (bicyclic) bond motifs is 1. The summed E-state index contributed by atoms with van der Waals surface area (Å²) in [5, 5.41) is 3.00. The first-order valence-electron chi connectivity index (χ1n) is 3.85. The molecule has 5 heteroatoms. The highest BCUT2D eigenvalue weighted by Crippen LogP contribution is 2.19. The Bertz CT molecular complexity index is 354. The lowest BCUT2D eigenvalue weighted by atomic mass is 10.2. The Balaban J connectivity index is 2.48. The second-order valence-corrected chi connectivity index (χ2v) is 2.98. The molecule has 0 aliphatic carbocycles. The Morgan fingerprint density at radius 2 is 2.38 bits per heavy atom. The van der Waals surface area contributed by atoms with E-state index in [9.17, 15) is 4.79 Å². The highest BCUT2D eigenvalue weighted by molar-refractivity contribution is 6.29. The molecule has 0 atom stereocenters. The van der Waals surface area contributed by atoms with Gasteiger partial charge in [0.25, 0.3) is 5.91 Å². The van der Waals surface area contributed by atoms with Gasteiger partial charge in [0, 0.05) is 0 Å². The molecule has 0 radical (unpaired) electrons. The fourth-order valence-electron chi connectivity index (χ4n) is 1.11. The van der Waals surface area contributed by atoms with Gasteiger partial charge in [-0.3, -0.25) is 4.79 Å². The quantitative estimate of drug-likeness (QED) is 0.629. The monoisotopic (exact) mass is 198 g/mol. The van der Waals surface area contributed by atoms with Gasteiger partial charge in [0.15, 0.2) is 0 Å². The van der Waals surface area contributed by atoms with Gasteiger partial charge in [-0.05, 0) is 12.1 Å². The van der Waals surface area contributed by atoms with E-state index in [2.05, 4.69) is 10.3 Å². The molecular formula is C8H7ClN2O2. The molecule has 1 aromatic heterocycles. The molecule has 1 aliphatic heterocycles. The Morgan fingerprint density at radius 1 is 1.54 bits per heavy atom. The molecule has 0 spiro atoms.